The third-order valence-electron chi connectivity index (χ3n) is 6.50. The summed E-state index contributed by atoms with van der Waals surface area (Å²) in [5, 5.41) is 0. The number of carbonyl (C=O) groups is 4. The Morgan fingerprint density at radius 3 is 2.56 bits per heavy atom. The van der Waals surface area contributed by atoms with Gasteiger partial charge in [-0.1, -0.05) is 13.3 Å². The first-order valence-corrected chi connectivity index (χ1v) is 9.46. The van der Waals surface area contributed by atoms with Gasteiger partial charge < -0.3 is 18.9 Å². The van der Waals surface area contributed by atoms with Gasteiger partial charge in [0.25, 0.3) is 6.47 Å². The van der Waals surface area contributed by atoms with E-state index in [2.05, 4.69) is 0 Å². The van der Waals surface area contributed by atoms with E-state index in [9.17, 15) is 19.2 Å². The van der Waals surface area contributed by atoms with Crippen molar-refractivity contribution in [3.05, 3.63) is 0 Å². The molecule has 0 radical (unpaired) electrons. The van der Waals surface area contributed by atoms with Crippen LogP contribution in [0.1, 0.15) is 33.1 Å². The predicted molar refractivity (Wildman–Crippen MR) is 89.9 cm³/mol. The molecule has 2 aliphatic heterocycles. The van der Waals surface area contributed by atoms with E-state index in [-0.39, 0.29) is 30.3 Å². The molecule has 1 aliphatic carbocycles. The largest absolute Gasteiger partial charge is 0.469 e. The molecule has 150 valence electrons. The zero-order valence-electron chi connectivity index (χ0n) is 15.8. The summed E-state index contributed by atoms with van der Waals surface area (Å²) in [6.45, 7) is 4.35. The molecule has 0 bridgehead atoms. The molecular weight excluding hydrogens is 356 g/mol. The van der Waals surface area contributed by atoms with E-state index in [4.69, 9.17) is 18.9 Å². The summed E-state index contributed by atoms with van der Waals surface area (Å²) < 4.78 is 20.7. The minimum Gasteiger partial charge on any atom is -0.469 e. The molecule has 8 nitrogen and oxygen atoms in total. The fourth-order valence-electron chi connectivity index (χ4n) is 5.30. The number of cyclic esters (lactones) is 2. The monoisotopic (exact) mass is 382 g/mol. The smallest absolute Gasteiger partial charge is 0.320 e. The van der Waals surface area contributed by atoms with Crippen LogP contribution in [0.2, 0.25) is 0 Å². The van der Waals surface area contributed by atoms with Gasteiger partial charge in [-0.15, -0.1) is 0 Å². The normalized spacial score (nSPS) is 40.6. The molecule has 2 heterocycles. The van der Waals surface area contributed by atoms with Gasteiger partial charge in [-0.05, 0) is 31.6 Å². The number of carbonyl (C=O) groups excluding carboxylic acids is 4. The highest BCUT2D eigenvalue weighted by molar-refractivity contribution is 5.97. The molecule has 3 aliphatic rings. The van der Waals surface area contributed by atoms with Gasteiger partial charge in [0.15, 0.2) is 0 Å². The first-order chi connectivity index (χ1) is 12.9. The molecule has 8 atom stereocenters. The van der Waals surface area contributed by atoms with E-state index in [1.54, 1.807) is 6.92 Å². The van der Waals surface area contributed by atoms with Crippen LogP contribution in [0.15, 0.2) is 0 Å². The molecule has 8 heteroatoms. The van der Waals surface area contributed by atoms with Crippen molar-refractivity contribution in [2.45, 2.75) is 45.3 Å². The second-order valence-corrected chi connectivity index (χ2v) is 7.71. The molecule has 1 saturated carbocycles. The lowest BCUT2D eigenvalue weighted by atomic mass is 9.81. The third-order valence-corrected chi connectivity index (χ3v) is 6.50. The SMILES string of the molecule is CCC1CC(CC2OC(C)C3C(=O)OC(=O)C23)C(C(=O)OC)C1COC=O. The Morgan fingerprint density at radius 2 is 1.93 bits per heavy atom. The highest BCUT2D eigenvalue weighted by atomic mass is 16.6. The van der Waals surface area contributed by atoms with Gasteiger partial charge in [-0.25, -0.2) is 0 Å². The quantitative estimate of drug-likeness (QED) is 0.279. The standard InChI is InChI=1S/C19H26O8/c1-4-10-5-11(15(17(21)24-3)12(10)7-25-8-20)6-13-16-14(9(2)26-13)18(22)27-19(16)23/h8-16H,4-7H2,1-3H3. The van der Waals surface area contributed by atoms with Gasteiger partial charge >= 0.3 is 17.9 Å². The maximum Gasteiger partial charge on any atom is 0.320 e. The van der Waals surface area contributed by atoms with Crippen LogP contribution in [0.5, 0.6) is 0 Å². The summed E-state index contributed by atoms with van der Waals surface area (Å²) in [5.41, 5.74) is 0. The number of methoxy groups -OCH3 is 1. The zero-order valence-corrected chi connectivity index (χ0v) is 15.8. The maximum absolute atomic E-state index is 12.5. The van der Waals surface area contributed by atoms with Crippen molar-refractivity contribution in [1.82, 2.24) is 0 Å². The number of fused-ring (bicyclic) bond motifs is 1. The predicted octanol–water partition coefficient (Wildman–Crippen LogP) is 1.10. The van der Waals surface area contributed by atoms with Crippen LogP contribution in [0.3, 0.4) is 0 Å². The van der Waals surface area contributed by atoms with E-state index >= 15 is 0 Å². The Labute approximate surface area is 157 Å². The molecule has 0 spiro atoms. The molecule has 0 aromatic rings. The van der Waals surface area contributed by atoms with Crippen LogP contribution in [-0.4, -0.2) is 50.3 Å². The van der Waals surface area contributed by atoms with Crippen molar-refractivity contribution in [2.75, 3.05) is 13.7 Å². The fraction of sp³-hybridized carbons (Fsp3) is 0.789. The van der Waals surface area contributed by atoms with E-state index < -0.39 is 41.9 Å². The van der Waals surface area contributed by atoms with Crippen LogP contribution in [-0.2, 0) is 38.1 Å². The Kier molecular flexibility index (Phi) is 5.83. The average molecular weight is 382 g/mol. The summed E-state index contributed by atoms with van der Waals surface area (Å²) in [6.07, 6.45) is 1.18. The molecule has 3 rings (SSSR count). The minimum atomic E-state index is -0.615. The lowest BCUT2D eigenvalue weighted by molar-refractivity contribution is -0.158. The van der Waals surface area contributed by atoms with Crippen molar-refractivity contribution in [1.29, 1.82) is 0 Å². The molecule has 3 fully saturated rings. The van der Waals surface area contributed by atoms with Crippen LogP contribution in [0.25, 0.3) is 0 Å². The zero-order chi connectivity index (χ0) is 19.7. The molecular formula is C19H26O8. The summed E-state index contributed by atoms with van der Waals surface area (Å²) in [6, 6.07) is 0. The molecule has 2 saturated heterocycles. The van der Waals surface area contributed by atoms with Crippen molar-refractivity contribution < 1.29 is 38.1 Å². The van der Waals surface area contributed by atoms with Crippen molar-refractivity contribution >= 4 is 24.4 Å². The summed E-state index contributed by atoms with van der Waals surface area (Å²) in [4.78, 5) is 47.2. The molecule has 0 amide bonds. The summed E-state index contributed by atoms with van der Waals surface area (Å²) >= 11 is 0. The van der Waals surface area contributed by atoms with Gasteiger partial charge in [0.05, 0.1) is 43.7 Å². The van der Waals surface area contributed by atoms with Gasteiger partial charge in [-0.2, -0.15) is 0 Å². The molecule has 0 N–H and O–H groups in total. The number of rotatable bonds is 7. The highest BCUT2D eigenvalue weighted by Gasteiger charge is 2.58. The van der Waals surface area contributed by atoms with Gasteiger partial charge in [0.1, 0.15) is 0 Å². The number of ether oxygens (including phenoxy) is 4. The second-order valence-electron chi connectivity index (χ2n) is 7.71. The Morgan fingerprint density at radius 1 is 1.22 bits per heavy atom. The highest BCUT2D eigenvalue weighted by Crippen LogP contribution is 2.49. The van der Waals surface area contributed by atoms with Crippen molar-refractivity contribution in [3.8, 4) is 0 Å². The van der Waals surface area contributed by atoms with Crippen LogP contribution >= 0.6 is 0 Å². The first kappa shape index (κ1) is 19.8. The van der Waals surface area contributed by atoms with E-state index in [0.29, 0.717) is 12.9 Å². The molecule has 8 unspecified atom stereocenters. The van der Waals surface area contributed by atoms with Gasteiger partial charge in [0, 0.05) is 5.92 Å². The lowest BCUT2D eigenvalue weighted by Crippen LogP contribution is -2.33. The number of hydrogen-bond donors (Lipinski definition) is 0. The van der Waals surface area contributed by atoms with Crippen molar-refractivity contribution in [3.63, 3.8) is 0 Å². The van der Waals surface area contributed by atoms with Crippen LogP contribution in [0.4, 0.5) is 0 Å². The molecule has 0 aromatic carbocycles. The van der Waals surface area contributed by atoms with Gasteiger partial charge in [-0.3, -0.25) is 19.2 Å². The molecule has 27 heavy (non-hydrogen) atoms. The van der Waals surface area contributed by atoms with Gasteiger partial charge in [0.2, 0.25) is 0 Å². The maximum atomic E-state index is 12.5. The third kappa shape index (κ3) is 3.47. The minimum absolute atomic E-state index is 0.0814. The Bertz CT molecular complexity index is 617. The fourth-order valence-corrected chi connectivity index (χ4v) is 5.30. The number of hydrogen-bond acceptors (Lipinski definition) is 8. The number of esters is 3. The summed E-state index contributed by atoms with van der Waals surface area (Å²) in [5.74, 6) is -3.06. The van der Waals surface area contributed by atoms with Crippen LogP contribution < -0.4 is 0 Å². The summed E-state index contributed by atoms with van der Waals surface area (Å²) in [7, 11) is 1.34. The average Bonchev–Trinajstić information content (AvgIpc) is 3.26. The second kappa shape index (κ2) is 7.96. The Balaban J connectivity index is 1.80. The van der Waals surface area contributed by atoms with Crippen molar-refractivity contribution in [2.24, 2.45) is 35.5 Å². The topological polar surface area (TPSA) is 105 Å². The lowest BCUT2D eigenvalue weighted by Gasteiger charge is -2.26. The van der Waals surface area contributed by atoms with E-state index in [1.807, 2.05) is 6.92 Å². The van der Waals surface area contributed by atoms with Crippen LogP contribution in [0, 0.1) is 35.5 Å². The first-order valence-electron chi connectivity index (χ1n) is 9.46. The van der Waals surface area contributed by atoms with E-state index in [0.717, 1.165) is 12.8 Å². The molecule has 0 aromatic heterocycles. The Hall–Kier alpha value is -1.96. The van der Waals surface area contributed by atoms with E-state index in [1.165, 1.54) is 7.11 Å².